The van der Waals surface area contributed by atoms with E-state index >= 15 is 0 Å². The first-order valence-corrected chi connectivity index (χ1v) is 8.75. The Bertz CT molecular complexity index is 398. The van der Waals surface area contributed by atoms with Gasteiger partial charge in [-0.1, -0.05) is 58.3 Å². The molecule has 0 heterocycles. The Labute approximate surface area is 133 Å². The van der Waals surface area contributed by atoms with Gasteiger partial charge in [0.2, 0.25) is 0 Å². The summed E-state index contributed by atoms with van der Waals surface area (Å²) in [5.74, 6) is -1.06. The van der Waals surface area contributed by atoms with Gasteiger partial charge in [-0.15, -0.1) is 0 Å². The number of aliphatic hydroxyl groups is 2. The average Bonchev–Trinajstić information content (AvgIpc) is 2.50. The number of unbranched alkanes of at least 4 members (excludes halogenated alkanes) is 8. The number of carbonyl (C=O) groups excluding carboxylic acids is 2. The number of carbonyl (C=O) groups is 2. The second-order valence-corrected chi connectivity index (χ2v) is 6.24. The number of hydrogen-bond donors (Lipinski definition) is 2. The molecule has 0 aromatic heterocycles. The van der Waals surface area contributed by atoms with E-state index in [-0.39, 0.29) is 36.4 Å². The lowest BCUT2D eigenvalue weighted by molar-refractivity contribution is -0.123. The van der Waals surface area contributed by atoms with Gasteiger partial charge in [-0.05, 0) is 12.8 Å². The maximum atomic E-state index is 12.0. The number of ketones is 2. The second kappa shape index (κ2) is 10.5. The van der Waals surface area contributed by atoms with E-state index in [0.29, 0.717) is 0 Å². The summed E-state index contributed by atoms with van der Waals surface area (Å²) in [5.41, 5.74) is -0.154. The average molecular weight is 310 g/mol. The lowest BCUT2D eigenvalue weighted by Crippen LogP contribution is -2.27. The van der Waals surface area contributed by atoms with Crippen LogP contribution in [0.15, 0.2) is 11.3 Å². The monoisotopic (exact) mass is 310 g/mol. The van der Waals surface area contributed by atoms with E-state index < -0.39 is 11.9 Å². The van der Waals surface area contributed by atoms with E-state index in [4.69, 9.17) is 0 Å². The highest BCUT2D eigenvalue weighted by molar-refractivity contribution is 6.21. The Morgan fingerprint density at radius 1 is 1.05 bits per heavy atom. The van der Waals surface area contributed by atoms with Crippen LogP contribution >= 0.6 is 0 Å². The number of allylic oxidation sites excluding steroid dienone is 1. The summed E-state index contributed by atoms with van der Waals surface area (Å²) in [5, 5.41) is 19.2. The molecule has 1 aliphatic rings. The van der Waals surface area contributed by atoms with Gasteiger partial charge < -0.3 is 10.2 Å². The van der Waals surface area contributed by atoms with Crippen molar-refractivity contribution < 1.29 is 19.8 Å². The first kappa shape index (κ1) is 18.9. The highest BCUT2D eigenvalue weighted by Crippen LogP contribution is 2.23. The van der Waals surface area contributed by atoms with Crippen molar-refractivity contribution in [3.05, 3.63) is 11.3 Å². The van der Waals surface area contributed by atoms with Crippen LogP contribution in [0.25, 0.3) is 0 Å². The Kier molecular flexibility index (Phi) is 9.05. The maximum absolute atomic E-state index is 12.0. The minimum atomic E-state index is -1.06. The van der Waals surface area contributed by atoms with Crippen LogP contribution in [0.5, 0.6) is 0 Å². The van der Waals surface area contributed by atoms with Crippen LogP contribution in [-0.4, -0.2) is 27.9 Å². The fourth-order valence-corrected chi connectivity index (χ4v) is 2.86. The molecule has 0 fully saturated rings. The lowest BCUT2D eigenvalue weighted by atomic mass is 9.89. The minimum Gasteiger partial charge on any atom is -0.509 e. The molecule has 126 valence electrons. The molecular formula is C18H30O4. The summed E-state index contributed by atoms with van der Waals surface area (Å²) in [4.78, 5) is 23.7. The lowest BCUT2D eigenvalue weighted by Gasteiger charge is -2.18. The van der Waals surface area contributed by atoms with Gasteiger partial charge in [0, 0.05) is 12.8 Å². The van der Waals surface area contributed by atoms with Gasteiger partial charge in [-0.3, -0.25) is 9.59 Å². The predicted octanol–water partition coefficient (Wildman–Crippen LogP) is 4.01. The third kappa shape index (κ3) is 6.30. The molecule has 4 heteroatoms. The highest BCUT2D eigenvalue weighted by Gasteiger charge is 2.30. The van der Waals surface area contributed by atoms with Gasteiger partial charge in [0.15, 0.2) is 11.6 Å². The molecule has 1 aliphatic carbocycles. The quantitative estimate of drug-likeness (QED) is 0.446. The van der Waals surface area contributed by atoms with Gasteiger partial charge in [0.1, 0.15) is 17.4 Å². The summed E-state index contributed by atoms with van der Waals surface area (Å²) in [6.07, 6.45) is 10.0. The highest BCUT2D eigenvalue weighted by atomic mass is 16.3. The molecule has 0 amide bonds. The van der Waals surface area contributed by atoms with E-state index in [2.05, 4.69) is 6.92 Å². The van der Waals surface area contributed by atoms with Crippen LogP contribution in [0, 0.1) is 0 Å². The summed E-state index contributed by atoms with van der Waals surface area (Å²) in [7, 11) is 0. The number of aliphatic hydroxyl groups excluding tert-OH is 2. The smallest absolute Gasteiger partial charge is 0.170 e. The molecule has 22 heavy (non-hydrogen) atoms. The normalized spacial score (nSPS) is 18.8. The molecule has 0 saturated carbocycles. The van der Waals surface area contributed by atoms with Crippen molar-refractivity contribution in [3.8, 4) is 0 Å². The number of rotatable bonds is 11. The Hall–Kier alpha value is -1.16. The van der Waals surface area contributed by atoms with Crippen LogP contribution in [0.1, 0.15) is 84.0 Å². The fourth-order valence-electron chi connectivity index (χ4n) is 2.86. The molecule has 0 radical (unpaired) electrons. The summed E-state index contributed by atoms with van der Waals surface area (Å²) < 4.78 is 0. The third-order valence-electron chi connectivity index (χ3n) is 4.28. The molecule has 1 rings (SSSR count). The van der Waals surface area contributed by atoms with Gasteiger partial charge in [-0.2, -0.15) is 0 Å². The molecule has 0 saturated heterocycles. The van der Waals surface area contributed by atoms with Crippen LogP contribution in [0.4, 0.5) is 0 Å². The van der Waals surface area contributed by atoms with E-state index in [1.165, 1.54) is 38.5 Å². The van der Waals surface area contributed by atoms with E-state index in [1.54, 1.807) is 0 Å². The first-order chi connectivity index (χ1) is 10.6. The number of Topliss-reactive ketones (excluding diaryl/α,β-unsaturated/α-hetero) is 2. The largest absolute Gasteiger partial charge is 0.509 e. The standard InChI is InChI=1S/C18H30O4/c1-2-3-4-5-6-7-8-9-10-11-14(19)17-15(20)12-13-16(21)18(17)22/h16,21-22H,2-13H2,1H3/t16-/m0/s1. The summed E-state index contributed by atoms with van der Waals surface area (Å²) >= 11 is 0. The molecule has 0 unspecified atom stereocenters. The maximum Gasteiger partial charge on any atom is 0.170 e. The van der Waals surface area contributed by atoms with Crippen molar-refractivity contribution in [1.29, 1.82) is 0 Å². The van der Waals surface area contributed by atoms with Crippen LogP contribution < -0.4 is 0 Å². The Balaban J connectivity index is 2.18. The molecule has 0 bridgehead atoms. The van der Waals surface area contributed by atoms with Crippen molar-refractivity contribution >= 4 is 11.6 Å². The molecule has 2 N–H and O–H groups in total. The zero-order valence-corrected chi connectivity index (χ0v) is 13.8. The van der Waals surface area contributed by atoms with Gasteiger partial charge in [-0.25, -0.2) is 0 Å². The van der Waals surface area contributed by atoms with Crippen molar-refractivity contribution in [2.24, 2.45) is 0 Å². The molecule has 0 aliphatic heterocycles. The van der Waals surface area contributed by atoms with Crippen molar-refractivity contribution in [2.45, 2.75) is 90.1 Å². The van der Waals surface area contributed by atoms with Crippen LogP contribution in [0.3, 0.4) is 0 Å². The summed E-state index contributed by atoms with van der Waals surface area (Å²) in [6.45, 7) is 2.21. The van der Waals surface area contributed by atoms with E-state index in [0.717, 1.165) is 19.3 Å². The first-order valence-electron chi connectivity index (χ1n) is 8.75. The van der Waals surface area contributed by atoms with Crippen molar-refractivity contribution in [1.82, 2.24) is 0 Å². The van der Waals surface area contributed by atoms with Crippen molar-refractivity contribution in [2.75, 3.05) is 0 Å². The molecule has 1 atom stereocenters. The van der Waals surface area contributed by atoms with E-state index in [9.17, 15) is 19.8 Å². The third-order valence-corrected chi connectivity index (χ3v) is 4.28. The van der Waals surface area contributed by atoms with Crippen LogP contribution in [-0.2, 0) is 9.59 Å². The fraction of sp³-hybridized carbons (Fsp3) is 0.778. The van der Waals surface area contributed by atoms with E-state index in [1.807, 2.05) is 0 Å². The Morgan fingerprint density at radius 2 is 1.59 bits per heavy atom. The zero-order chi connectivity index (χ0) is 16.4. The molecule has 0 spiro atoms. The predicted molar refractivity (Wildman–Crippen MR) is 86.8 cm³/mol. The van der Waals surface area contributed by atoms with Gasteiger partial charge >= 0.3 is 0 Å². The zero-order valence-electron chi connectivity index (χ0n) is 13.8. The summed E-state index contributed by atoms with van der Waals surface area (Å²) in [6, 6.07) is 0. The topological polar surface area (TPSA) is 74.6 Å². The molecule has 4 nitrogen and oxygen atoms in total. The van der Waals surface area contributed by atoms with Gasteiger partial charge in [0.05, 0.1) is 0 Å². The Morgan fingerprint density at radius 3 is 2.18 bits per heavy atom. The second-order valence-electron chi connectivity index (χ2n) is 6.24. The molecular weight excluding hydrogens is 280 g/mol. The molecule has 0 aromatic rings. The SMILES string of the molecule is CCCCCCCCCCCC(=O)C1=C(O)[C@@H](O)CCC1=O. The number of hydrogen-bond acceptors (Lipinski definition) is 4. The molecule has 0 aromatic carbocycles. The van der Waals surface area contributed by atoms with Crippen LogP contribution in [0.2, 0.25) is 0 Å². The minimum absolute atomic E-state index is 0.143. The van der Waals surface area contributed by atoms with Crippen molar-refractivity contribution in [3.63, 3.8) is 0 Å². The van der Waals surface area contributed by atoms with Gasteiger partial charge in [0.25, 0.3) is 0 Å².